The van der Waals surface area contributed by atoms with Crippen molar-refractivity contribution < 1.29 is 5.11 Å². The predicted molar refractivity (Wildman–Crippen MR) is 122 cm³/mol. The van der Waals surface area contributed by atoms with Crippen LogP contribution in [0, 0.1) is 13.8 Å². The third kappa shape index (κ3) is 6.34. The van der Waals surface area contributed by atoms with Gasteiger partial charge in [0.2, 0.25) is 0 Å². The number of nitrogens with one attached hydrogen (secondary N) is 2. The molecule has 1 aliphatic carbocycles. The lowest BCUT2D eigenvalue weighted by Gasteiger charge is -2.36. The van der Waals surface area contributed by atoms with Crippen LogP contribution in [-0.2, 0) is 0 Å². The molecule has 3 rings (SSSR count). The SMILES string of the molecule is CCNC(=NCCN1CCN(c2cccc(C)c2C)CC1)NC1CCC(O)CC1. The van der Waals surface area contributed by atoms with E-state index < -0.39 is 0 Å². The molecule has 6 heteroatoms. The summed E-state index contributed by atoms with van der Waals surface area (Å²) >= 11 is 0. The molecule has 1 saturated heterocycles. The van der Waals surface area contributed by atoms with Gasteiger partial charge in [0.1, 0.15) is 0 Å². The number of guanidine groups is 1. The number of rotatable bonds is 6. The highest BCUT2D eigenvalue weighted by Crippen LogP contribution is 2.23. The molecule has 3 N–H and O–H groups in total. The van der Waals surface area contributed by atoms with Gasteiger partial charge < -0.3 is 20.6 Å². The molecule has 0 radical (unpaired) electrons. The zero-order chi connectivity index (χ0) is 20.6. The van der Waals surface area contributed by atoms with E-state index in [0.29, 0.717) is 6.04 Å². The van der Waals surface area contributed by atoms with E-state index >= 15 is 0 Å². The number of piperazine rings is 1. The lowest BCUT2D eigenvalue weighted by Crippen LogP contribution is -2.48. The van der Waals surface area contributed by atoms with Gasteiger partial charge in [0.05, 0.1) is 12.6 Å². The Morgan fingerprint density at radius 1 is 1.10 bits per heavy atom. The van der Waals surface area contributed by atoms with Crippen LogP contribution in [0.2, 0.25) is 0 Å². The third-order valence-electron chi connectivity index (χ3n) is 6.36. The molecule has 0 atom stereocenters. The fourth-order valence-corrected chi connectivity index (χ4v) is 4.33. The second-order valence-corrected chi connectivity index (χ2v) is 8.46. The molecule has 1 aromatic rings. The number of benzene rings is 1. The van der Waals surface area contributed by atoms with Gasteiger partial charge >= 0.3 is 0 Å². The second kappa shape index (κ2) is 10.8. The van der Waals surface area contributed by atoms with E-state index in [9.17, 15) is 5.11 Å². The highest BCUT2D eigenvalue weighted by atomic mass is 16.3. The fraction of sp³-hybridized carbons (Fsp3) is 0.696. The Bertz CT molecular complexity index is 661. The Hall–Kier alpha value is -1.79. The van der Waals surface area contributed by atoms with Crippen LogP contribution in [0.4, 0.5) is 5.69 Å². The van der Waals surface area contributed by atoms with Crippen molar-refractivity contribution in [2.75, 3.05) is 50.7 Å². The second-order valence-electron chi connectivity index (χ2n) is 8.46. The molecule has 2 aliphatic rings. The van der Waals surface area contributed by atoms with Crippen molar-refractivity contribution in [3.05, 3.63) is 29.3 Å². The van der Waals surface area contributed by atoms with E-state index in [1.165, 1.54) is 16.8 Å². The Morgan fingerprint density at radius 2 is 1.83 bits per heavy atom. The van der Waals surface area contributed by atoms with E-state index in [-0.39, 0.29) is 6.10 Å². The average molecular weight is 402 g/mol. The lowest BCUT2D eigenvalue weighted by atomic mass is 9.93. The molecule has 1 aromatic carbocycles. The molecule has 0 spiro atoms. The summed E-state index contributed by atoms with van der Waals surface area (Å²) in [4.78, 5) is 9.84. The number of aryl methyl sites for hydroxylation is 1. The molecular formula is C23H39N5O. The van der Waals surface area contributed by atoms with E-state index in [4.69, 9.17) is 4.99 Å². The van der Waals surface area contributed by atoms with Crippen molar-refractivity contribution in [3.63, 3.8) is 0 Å². The van der Waals surface area contributed by atoms with E-state index in [2.05, 4.69) is 59.4 Å². The molecule has 162 valence electrons. The van der Waals surface area contributed by atoms with Crippen molar-refractivity contribution >= 4 is 11.6 Å². The van der Waals surface area contributed by atoms with Gasteiger partial charge in [-0.1, -0.05) is 12.1 Å². The van der Waals surface area contributed by atoms with Gasteiger partial charge in [-0.3, -0.25) is 9.89 Å². The summed E-state index contributed by atoms with van der Waals surface area (Å²) in [5.41, 5.74) is 4.16. The first-order valence-electron chi connectivity index (χ1n) is 11.3. The normalized spacial score (nSPS) is 23.9. The average Bonchev–Trinajstić information content (AvgIpc) is 2.72. The number of anilines is 1. The smallest absolute Gasteiger partial charge is 0.191 e. The van der Waals surface area contributed by atoms with Gasteiger partial charge in [0, 0.05) is 51.0 Å². The summed E-state index contributed by atoms with van der Waals surface area (Å²) in [6.45, 7) is 13.6. The van der Waals surface area contributed by atoms with Crippen molar-refractivity contribution in [2.45, 2.75) is 58.6 Å². The lowest BCUT2D eigenvalue weighted by molar-refractivity contribution is 0.120. The van der Waals surface area contributed by atoms with Gasteiger partial charge in [-0.25, -0.2) is 0 Å². The summed E-state index contributed by atoms with van der Waals surface area (Å²) in [6.07, 6.45) is 3.70. The maximum atomic E-state index is 9.69. The molecular weight excluding hydrogens is 362 g/mol. The molecule has 0 unspecified atom stereocenters. The minimum atomic E-state index is -0.116. The number of hydrogen-bond donors (Lipinski definition) is 3. The zero-order valence-corrected chi connectivity index (χ0v) is 18.5. The Kier molecular flexibility index (Phi) is 8.19. The van der Waals surface area contributed by atoms with Crippen LogP contribution >= 0.6 is 0 Å². The molecule has 0 amide bonds. The summed E-state index contributed by atoms with van der Waals surface area (Å²) in [6, 6.07) is 7.04. The van der Waals surface area contributed by atoms with Crippen LogP contribution in [0.5, 0.6) is 0 Å². The van der Waals surface area contributed by atoms with Crippen LogP contribution in [-0.4, -0.2) is 73.9 Å². The van der Waals surface area contributed by atoms with Crippen LogP contribution in [0.25, 0.3) is 0 Å². The molecule has 1 saturated carbocycles. The van der Waals surface area contributed by atoms with E-state index in [1.807, 2.05) is 0 Å². The summed E-state index contributed by atoms with van der Waals surface area (Å²) in [5.74, 6) is 0.919. The van der Waals surface area contributed by atoms with Crippen LogP contribution in [0.15, 0.2) is 23.2 Å². The van der Waals surface area contributed by atoms with Crippen molar-refractivity contribution in [3.8, 4) is 0 Å². The number of aliphatic hydroxyl groups excluding tert-OH is 1. The molecule has 0 bridgehead atoms. The number of nitrogens with zero attached hydrogens (tertiary/aromatic N) is 3. The van der Waals surface area contributed by atoms with Gasteiger partial charge in [-0.15, -0.1) is 0 Å². The number of aliphatic imine (C=N–C) groups is 1. The summed E-state index contributed by atoms with van der Waals surface area (Å²) < 4.78 is 0. The topological polar surface area (TPSA) is 63.1 Å². The fourth-order valence-electron chi connectivity index (χ4n) is 4.33. The van der Waals surface area contributed by atoms with E-state index in [1.54, 1.807) is 0 Å². The minimum Gasteiger partial charge on any atom is -0.393 e. The molecule has 2 fully saturated rings. The molecule has 0 aromatic heterocycles. The van der Waals surface area contributed by atoms with Crippen LogP contribution < -0.4 is 15.5 Å². The third-order valence-corrected chi connectivity index (χ3v) is 6.36. The van der Waals surface area contributed by atoms with Gasteiger partial charge in [0.25, 0.3) is 0 Å². The maximum Gasteiger partial charge on any atom is 0.191 e. The largest absolute Gasteiger partial charge is 0.393 e. The van der Waals surface area contributed by atoms with Gasteiger partial charge in [-0.05, 0) is 63.6 Å². The summed E-state index contributed by atoms with van der Waals surface area (Å²) in [7, 11) is 0. The summed E-state index contributed by atoms with van der Waals surface area (Å²) in [5, 5.41) is 16.6. The Labute approximate surface area is 176 Å². The van der Waals surface area contributed by atoms with Gasteiger partial charge in [0.15, 0.2) is 5.96 Å². The van der Waals surface area contributed by atoms with Crippen molar-refractivity contribution in [1.29, 1.82) is 0 Å². The first-order valence-corrected chi connectivity index (χ1v) is 11.3. The monoisotopic (exact) mass is 401 g/mol. The Balaban J connectivity index is 1.44. The first kappa shape index (κ1) is 21.9. The number of aliphatic hydroxyl groups is 1. The molecule has 6 nitrogen and oxygen atoms in total. The number of hydrogen-bond acceptors (Lipinski definition) is 4. The van der Waals surface area contributed by atoms with E-state index in [0.717, 1.165) is 77.5 Å². The highest BCUT2D eigenvalue weighted by molar-refractivity contribution is 5.80. The van der Waals surface area contributed by atoms with Crippen molar-refractivity contribution in [1.82, 2.24) is 15.5 Å². The Morgan fingerprint density at radius 3 is 2.52 bits per heavy atom. The van der Waals surface area contributed by atoms with Crippen LogP contribution in [0.3, 0.4) is 0 Å². The van der Waals surface area contributed by atoms with Crippen LogP contribution in [0.1, 0.15) is 43.7 Å². The molecule has 1 aliphatic heterocycles. The molecule has 29 heavy (non-hydrogen) atoms. The predicted octanol–water partition coefficient (Wildman–Crippen LogP) is 2.28. The zero-order valence-electron chi connectivity index (χ0n) is 18.5. The minimum absolute atomic E-state index is 0.116. The quantitative estimate of drug-likeness (QED) is 0.504. The highest BCUT2D eigenvalue weighted by Gasteiger charge is 2.21. The van der Waals surface area contributed by atoms with Gasteiger partial charge in [-0.2, -0.15) is 0 Å². The standard InChI is InChI=1S/C23H39N5O/c1-4-24-23(26-20-8-10-21(29)11-9-20)25-12-13-27-14-16-28(17-15-27)22-7-5-6-18(2)19(22)3/h5-7,20-21,29H,4,8-17H2,1-3H3,(H2,24,25,26). The maximum absolute atomic E-state index is 9.69. The molecule has 1 heterocycles. The van der Waals surface area contributed by atoms with Crippen molar-refractivity contribution in [2.24, 2.45) is 4.99 Å². The first-order chi connectivity index (χ1) is 14.1.